The number of hydrogen-bond acceptors (Lipinski definition) is 5. The van der Waals surface area contributed by atoms with Crippen molar-refractivity contribution in [2.24, 2.45) is 0 Å². The third-order valence-electron chi connectivity index (χ3n) is 4.47. The molecule has 0 atom stereocenters. The summed E-state index contributed by atoms with van der Waals surface area (Å²) in [6.07, 6.45) is 0. The molecule has 0 spiro atoms. The smallest absolute Gasteiger partial charge is 0.284 e. The van der Waals surface area contributed by atoms with Gasteiger partial charge in [0.2, 0.25) is 0 Å². The Labute approximate surface area is 165 Å². The minimum Gasteiger partial charge on any atom is -0.378 e. The van der Waals surface area contributed by atoms with Gasteiger partial charge >= 0.3 is 0 Å². The Kier molecular flexibility index (Phi) is 6.08. The van der Waals surface area contributed by atoms with Crippen LogP contribution in [0.1, 0.15) is 15.9 Å². The second kappa shape index (κ2) is 8.49. The minimum absolute atomic E-state index is 0.121. The molecule has 3 rings (SSSR count). The Hall–Kier alpha value is -2.45. The Morgan fingerprint density at radius 3 is 2.52 bits per heavy atom. The fraction of sp³-hybridized carbons (Fsp3) is 0.316. The largest absolute Gasteiger partial charge is 0.378 e. The Bertz CT molecular complexity index is 835. The zero-order chi connectivity index (χ0) is 19.4. The molecule has 1 saturated heterocycles. The van der Waals surface area contributed by atoms with E-state index in [4.69, 9.17) is 4.74 Å². The quantitative estimate of drug-likeness (QED) is 0.532. The predicted octanol–water partition coefficient (Wildman–Crippen LogP) is 3.47. The number of carbonyl (C=O) groups is 1. The number of hydrogen-bond donors (Lipinski definition) is 0. The van der Waals surface area contributed by atoms with E-state index in [-0.39, 0.29) is 17.2 Å². The van der Waals surface area contributed by atoms with Crippen LogP contribution in [0.2, 0.25) is 0 Å². The number of nitro benzene ring substituents is 1. The summed E-state index contributed by atoms with van der Waals surface area (Å²) < 4.78 is 5.72. The predicted molar refractivity (Wildman–Crippen MR) is 106 cm³/mol. The molecule has 2 aromatic rings. The van der Waals surface area contributed by atoms with E-state index in [1.807, 2.05) is 24.3 Å². The van der Waals surface area contributed by atoms with Crippen molar-refractivity contribution < 1.29 is 14.5 Å². The van der Waals surface area contributed by atoms with Crippen LogP contribution in [-0.2, 0) is 11.3 Å². The van der Waals surface area contributed by atoms with Gasteiger partial charge in [-0.3, -0.25) is 14.9 Å². The molecule has 1 fully saturated rings. The lowest BCUT2D eigenvalue weighted by molar-refractivity contribution is -0.385. The zero-order valence-corrected chi connectivity index (χ0v) is 16.5. The first-order valence-corrected chi connectivity index (χ1v) is 9.36. The van der Waals surface area contributed by atoms with E-state index < -0.39 is 4.92 Å². The van der Waals surface area contributed by atoms with Gasteiger partial charge in [0.05, 0.1) is 22.6 Å². The molecule has 27 heavy (non-hydrogen) atoms. The SMILES string of the molecule is CN(Cc1ccc(N2CCOCC2)cc1)C(=O)c1ccc(Br)c([N+](=O)[O-])c1. The van der Waals surface area contributed by atoms with Crippen LogP contribution in [0.25, 0.3) is 0 Å². The molecule has 1 aliphatic heterocycles. The maximum Gasteiger partial charge on any atom is 0.284 e. The molecule has 1 heterocycles. The van der Waals surface area contributed by atoms with Crippen molar-refractivity contribution in [3.63, 3.8) is 0 Å². The number of nitrogens with zero attached hydrogens (tertiary/aromatic N) is 3. The number of amides is 1. The number of nitro groups is 1. The van der Waals surface area contributed by atoms with Gasteiger partial charge in [0, 0.05) is 44.0 Å². The first kappa shape index (κ1) is 19.3. The molecule has 0 unspecified atom stereocenters. The summed E-state index contributed by atoms with van der Waals surface area (Å²) in [6.45, 7) is 3.64. The standard InChI is InChI=1S/C19H20BrN3O4/c1-21(19(24)15-4-7-17(20)18(12-15)23(25)26)13-14-2-5-16(6-3-14)22-8-10-27-11-9-22/h2-7,12H,8-11,13H2,1H3. The molecule has 2 aromatic carbocycles. The maximum absolute atomic E-state index is 12.6. The molecule has 7 nitrogen and oxygen atoms in total. The van der Waals surface area contributed by atoms with Crippen LogP contribution < -0.4 is 4.90 Å². The molecule has 0 radical (unpaired) electrons. The molecule has 1 aliphatic rings. The van der Waals surface area contributed by atoms with E-state index >= 15 is 0 Å². The van der Waals surface area contributed by atoms with Crippen LogP contribution in [0.4, 0.5) is 11.4 Å². The van der Waals surface area contributed by atoms with Gasteiger partial charge in [-0.15, -0.1) is 0 Å². The molecule has 1 amide bonds. The van der Waals surface area contributed by atoms with Crippen molar-refractivity contribution in [1.29, 1.82) is 0 Å². The summed E-state index contributed by atoms with van der Waals surface area (Å²) in [4.78, 5) is 27.0. The monoisotopic (exact) mass is 433 g/mol. The third kappa shape index (κ3) is 4.64. The summed E-state index contributed by atoms with van der Waals surface area (Å²) in [5.41, 5.74) is 2.30. The summed E-state index contributed by atoms with van der Waals surface area (Å²) in [5.74, 6) is -0.261. The summed E-state index contributed by atoms with van der Waals surface area (Å²) in [7, 11) is 1.69. The van der Waals surface area contributed by atoms with Crippen LogP contribution in [0, 0.1) is 10.1 Å². The normalized spacial score (nSPS) is 14.1. The van der Waals surface area contributed by atoms with E-state index in [2.05, 4.69) is 20.8 Å². The van der Waals surface area contributed by atoms with Gasteiger partial charge in [-0.1, -0.05) is 12.1 Å². The molecular weight excluding hydrogens is 414 g/mol. The average molecular weight is 434 g/mol. The lowest BCUT2D eigenvalue weighted by Crippen LogP contribution is -2.36. The topological polar surface area (TPSA) is 75.9 Å². The van der Waals surface area contributed by atoms with Crippen LogP contribution in [0.3, 0.4) is 0 Å². The van der Waals surface area contributed by atoms with Gasteiger partial charge in [-0.05, 0) is 45.8 Å². The molecule has 0 bridgehead atoms. The number of carbonyl (C=O) groups excluding carboxylic acids is 1. The molecule has 0 aromatic heterocycles. The number of halogens is 1. The Morgan fingerprint density at radius 2 is 1.89 bits per heavy atom. The number of benzene rings is 2. The van der Waals surface area contributed by atoms with Crippen LogP contribution in [0.5, 0.6) is 0 Å². The molecule has 8 heteroatoms. The van der Waals surface area contributed by atoms with Gasteiger partial charge in [0.25, 0.3) is 11.6 Å². The second-order valence-corrected chi connectivity index (χ2v) is 7.20. The highest BCUT2D eigenvalue weighted by Crippen LogP contribution is 2.26. The van der Waals surface area contributed by atoms with E-state index in [9.17, 15) is 14.9 Å². The Morgan fingerprint density at radius 1 is 1.22 bits per heavy atom. The van der Waals surface area contributed by atoms with Crippen molar-refractivity contribution >= 4 is 33.2 Å². The van der Waals surface area contributed by atoms with Crippen molar-refractivity contribution in [3.8, 4) is 0 Å². The van der Waals surface area contributed by atoms with Crippen molar-refractivity contribution in [2.75, 3.05) is 38.3 Å². The fourth-order valence-electron chi connectivity index (χ4n) is 2.99. The van der Waals surface area contributed by atoms with Gasteiger partial charge in [-0.25, -0.2) is 0 Å². The molecule has 142 valence electrons. The van der Waals surface area contributed by atoms with Crippen molar-refractivity contribution in [3.05, 3.63) is 68.2 Å². The Balaban J connectivity index is 1.67. The van der Waals surface area contributed by atoms with Gasteiger partial charge in [0.1, 0.15) is 0 Å². The van der Waals surface area contributed by atoms with Crippen molar-refractivity contribution in [2.45, 2.75) is 6.54 Å². The van der Waals surface area contributed by atoms with Crippen LogP contribution >= 0.6 is 15.9 Å². The van der Waals surface area contributed by atoms with Crippen LogP contribution in [0.15, 0.2) is 46.9 Å². The van der Waals surface area contributed by atoms with E-state index in [1.165, 1.54) is 12.1 Å². The van der Waals surface area contributed by atoms with E-state index in [1.54, 1.807) is 18.0 Å². The average Bonchev–Trinajstić information content (AvgIpc) is 2.69. The van der Waals surface area contributed by atoms with Gasteiger partial charge < -0.3 is 14.5 Å². The zero-order valence-electron chi connectivity index (χ0n) is 14.9. The van der Waals surface area contributed by atoms with Crippen molar-refractivity contribution in [1.82, 2.24) is 4.90 Å². The first-order valence-electron chi connectivity index (χ1n) is 8.57. The van der Waals surface area contributed by atoms with E-state index in [0.717, 1.165) is 37.6 Å². The number of rotatable bonds is 5. The first-order chi connectivity index (χ1) is 13.0. The highest BCUT2D eigenvalue weighted by Gasteiger charge is 2.19. The number of anilines is 1. The van der Waals surface area contributed by atoms with E-state index in [0.29, 0.717) is 11.0 Å². The van der Waals surface area contributed by atoms with Crippen LogP contribution in [-0.4, -0.2) is 49.1 Å². The molecular formula is C19H20BrN3O4. The lowest BCUT2D eigenvalue weighted by Gasteiger charge is -2.29. The highest BCUT2D eigenvalue weighted by molar-refractivity contribution is 9.10. The van der Waals surface area contributed by atoms with Gasteiger partial charge in [-0.2, -0.15) is 0 Å². The lowest BCUT2D eigenvalue weighted by atomic mass is 10.1. The number of morpholine rings is 1. The number of ether oxygens (including phenoxy) is 1. The second-order valence-electron chi connectivity index (χ2n) is 6.35. The fourth-order valence-corrected chi connectivity index (χ4v) is 3.38. The maximum atomic E-state index is 12.6. The molecule has 0 N–H and O–H groups in total. The third-order valence-corrected chi connectivity index (χ3v) is 5.14. The molecule has 0 saturated carbocycles. The minimum atomic E-state index is -0.509. The summed E-state index contributed by atoms with van der Waals surface area (Å²) in [5, 5.41) is 11.1. The summed E-state index contributed by atoms with van der Waals surface area (Å²) >= 11 is 3.13. The highest BCUT2D eigenvalue weighted by atomic mass is 79.9. The summed E-state index contributed by atoms with van der Waals surface area (Å²) in [6, 6.07) is 12.5. The van der Waals surface area contributed by atoms with Gasteiger partial charge in [0.15, 0.2) is 0 Å². The molecule has 0 aliphatic carbocycles.